The predicted molar refractivity (Wildman–Crippen MR) is 92.8 cm³/mol. The van der Waals surface area contributed by atoms with Crippen LogP contribution in [0.15, 0.2) is 36.5 Å². The normalized spacial score (nSPS) is 17.3. The molecule has 0 amide bonds. The number of nitrogens with one attached hydrogen (secondary N) is 1. The van der Waals surface area contributed by atoms with Gasteiger partial charge in [-0.25, -0.2) is 4.39 Å². The van der Waals surface area contributed by atoms with Crippen LogP contribution in [0, 0.1) is 12.7 Å². The minimum Gasteiger partial charge on any atom is -0.494 e. The number of ether oxygens (including phenoxy) is 1. The van der Waals surface area contributed by atoms with Gasteiger partial charge in [0.15, 0.2) is 11.6 Å². The Morgan fingerprint density at radius 1 is 1.21 bits per heavy atom. The number of hydrogen-bond acceptors (Lipinski definition) is 4. The summed E-state index contributed by atoms with van der Waals surface area (Å²) >= 11 is 0. The quantitative estimate of drug-likeness (QED) is 0.936. The Labute approximate surface area is 142 Å². The molecule has 2 aromatic rings. The molecule has 128 valence electrons. The molecule has 3 rings (SSSR count). The van der Waals surface area contributed by atoms with E-state index < -0.39 is 0 Å². The van der Waals surface area contributed by atoms with Crippen molar-refractivity contribution >= 4 is 0 Å². The maximum atomic E-state index is 14.3. The zero-order valence-corrected chi connectivity index (χ0v) is 14.3. The highest BCUT2D eigenvalue weighted by atomic mass is 19.1. The van der Waals surface area contributed by atoms with Gasteiger partial charge in [-0.15, -0.1) is 0 Å². The van der Waals surface area contributed by atoms with Crippen molar-refractivity contribution in [3.8, 4) is 5.75 Å². The minimum absolute atomic E-state index is 0.0501. The lowest BCUT2D eigenvalue weighted by atomic mass is 10.00. The summed E-state index contributed by atoms with van der Waals surface area (Å²) in [5.41, 5.74) is 2.98. The van der Waals surface area contributed by atoms with Gasteiger partial charge in [0.05, 0.1) is 18.8 Å². The van der Waals surface area contributed by atoms with E-state index in [2.05, 4.69) is 21.3 Å². The van der Waals surface area contributed by atoms with Crippen molar-refractivity contribution in [2.75, 3.05) is 33.3 Å². The molecule has 1 aliphatic rings. The molecule has 1 N–H and O–H groups in total. The molecule has 1 saturated heterocycles. The molecule has 4 nitrogen and oxygen atoms in total. The van der Waals surface area contributed by atoms with Crippen LogP contribution in [-0.2, 0) is 0 Å². The molecule has 1 aromatic carbocycles. The summed E-state index contributed by atoms with van der Waals surface area (Å²) in [5, 5.41) is 3.42. The number of nitrogens with zero attached hydrogens (tertiary/aromatic N) is 2. The third-order valence-electron chi connectivity index (χ3n) is 4.45. The van der Waals surface area contributed by atoms with Crippen molar-refractivity contribution in [2.45, 2.75) is 19.4 Å². The van der Waals surface area contributed by atoms with Gasteiger partial charge in [-0.1, -0.05) is 12.1 Å². The first-order valence-corrected chi connectivity index (χ1v) is 8.40. The van der Waals surface area contributed by atoms with E-state index in [0.29, 0.717) is 0 Å². The number of aromatic nitrogens is 1. The van der Waals surface area contributed by atoms with Gasteiger partial charge >= 0.3 is 0 Å². The van der Waals surface area contributed by atoms with E-state index in [9.17, 15) is 4.39 Å². The number of hydrogen-bond donors (Lipinski definition) is 1. The summed E-state index contributed by atoms with van der Waals surface area (Å²) in [6.07, 6.45) is 2.94. The van der Waals surface area contributed by atoms with Crippen molar-refractivity contribution in [3.63, 3.8) is 0 Å². The van der Waals surface area contributed by atoms with Crippen LogP contribution in [0.1, 0.15) is 29.3 Å². The fraction of sp³-hybridized carbons (Fsp3) is 0.421. The van der Waals surface area contributed by atoms with E-state index in [0.717, 1.165) is 49.4 Å². The standard InChI is InChI=1S/C19H24FN3O/c1-14-4-6-17(22-13-14)19(23-10-3-8-21-9-11-23)15-5-7-18(24-2)16(20)12-15/h4-7,12-13,19,21H,3,8-11H2,1-2H3. The maximum absolute atomic E-state index is 14.3. The number of benzene rings is 1. The number of aryl methyl sites for hydroxylation is 1. The van der Waals surface area contributed by atoms with Gasteiger partial charge in [0.25, 0.3) is 0 Å². The monoisotopic (exact) mass is 329 g/mol. The van der Waals surface area contributed by atoms with E-state index >= 15 is 0 Å². The molecule has 2 heterocycles. The maximum Gasteiger partial charge on any atom is 0.165 e. The molecular weight excluding hydrogens is 305 g/mol. The summed E-state index contributed by atoms with van der Waals surface area (Å²) in [5.74, 6) is -0.0630. The summed E-state index contributed by atoms with van der Waals surface area (Å²) in [6, 6.07) is 9.26. The fourth-order valence-electron chi connectivity index (χ4n) is 3.19. The molecule has 1 fully saturated rings. The number of rotatable bonds is 4. The zero-order valence-electron chi connectivity index (χ0n) is 14.3. The van der Waals surface area contributed by atoms with Gasteiger partial charge in [-0.3, -0.25) is 9.88 Å². The Morgan fingerprint density at radius 3 is 2.79 bits per heavy atom. The summed E-state index contributed by atoms with van der Waals surface area (Å²) in [6.45, 7) is 5.84. The lowest BCUT2D eigenvalue weighted by Gasteiger charge is -2.30. The van der Waals surface area contributed by atoms with Crippen LogP contribution in [0.2, 0.25) is 0 Å². The minimum atomic E-state index is -0.333. The molecule has 0 radical (unpaired) electrons. The SMILES string of the molecule is COc1ccc(C(c2ccc(C)cn2)N2CCCNCC2)cc1F. The second kappa shape index (κ2) is 7.73. The fourth-order valence-corrected chi connectivity index (χ4v) is 3.19. The Morgan fingerprint density at radius 2 is 2.08 bits per heavy atom. The summed E-state index contributed by atoms with van der Waals surface area (Å²) < 4.78 is 19.3. The molecule has 1 aliphatic heterocycles. The summed E-state index contributed by atoms with van der Waals surface area (Å²) in [4.78, 5) is 6.99. The zero-order chi connectivity index (χ0) is 16.9. The molecule has 0 spiro atoms. The third-order valence-corrected chi connectivity index (χ3v) is 4.45. The van der Waals surface area contributed by atoms with Crippen LogP contribution in [0.3, 0.4) is 0 Å². The van der Waals surface area contributed by atoms with E-state index in [1.54, 1.807) is 12.1 Å². The lowest BCUT2D eigenvalue weighted by Crippen LogP contribution is -2.33. The molecule has 5 heteroatoms. The Bertz CT molecular complexity index is 667. The number of pyridine rings is 1. The molecule has 1 aromatic heterocycles. The second-order valence-corrected chi connectivity index (χ2v) is 6.20. The van der Waals surface area contributed by atoms with E-state index in [1.165, 1.54) is 7.11 Å². The van der Waals surface area contributed by atoms with Gasteiger partial charge in [-0.05, 0) is 49.2 Å². The molecule has 24 heavy (non-hydrogen) atoms. The first-order valence-electron chi connectivity index (χ1n) is 8.40. The average molecular weight is 329 g/mol. The molecule has 1 atom stereocenters. The Kier molecular flexibility index (Phi) is 5.43. The highest BCUT2D eigenvalue weighted by Gasteiger charge is 2.25. The van der Waals surface area contributed by atoms with Crippen LogP contribution in [0.4, 0.5) is 4.39 Å². The molecule has 1 unspecified atom stereocenters. The first kappa shape index (κ1) is 16.9. The van der Waals surface area contributed by atoms with Crippen LogP contribution in [-0.4, -0.2) is 43.2 Å². The van der Waals surface area contributed by atoms with Crippen LogP contribution in [0.25, 0.3) is 0 Å². The smallest absolute Gasteiger partial charge is 0.165 e. The van der Waals surface area contributed by atoms with E-state index in [4.69, 9.17) is 4.74 Å². The highest BCUT2D eigenvalue weighted by molar-refractivity contribution is 5.35. The lowest BCUT2D eigenvalue weighted by molar-refractivity contribution is 0.236. The van der Waals surface area contributed by atoms with E-state index in [1.807, 2.05) is 25.3 Å². The van der Waals surface area contributed by atoms with Gasteiger partial charge in [-0.2, -0.15) is 0 Å². The predicted octanol–water partition coefficient (Wildman–Crippen LogP) is 2.92. The van der Waals surface area contributed by atoms with Crippen molar-refractivity contribution < 1.29 is 9.13 Å². The summed E-state index contributed by atoms with van der Waals surface area (Å²) in [7, 11) is 1.48. The topological polar surface area (TPSA) is 37.4 Å². The molecule has 0 saturated carbocycles. The number of halogens is 1. The van der Waals surface area contributed by atoms with Crippen molar-refractivity contribution in [1.82, 2.24) is 15.2 Å². The van der Waals surface area contributed by atoms with Gasteiger partial charge in [0, 0.05) is 25.8 Å². The number of methoxy groups -OCH3 is 1. The Hall–Kier alpha value is -1.98. The van der Waals surface area contributed by atoms with E-state index in [-0.39, 0.29) is 17.6 Å². The Balaban J connectivity index is 2.00. The second-order valence-electron chi connectivity index (χ2n) is 6.20. The van der Waals surface area contributed by atoms with Gasteiger partial charge in [0.1, 0.15) is 0 Å². The van der Waals surface area contributed by atoms with Crippen LogP contribution >= 0.6 is 0 Å². The first-order chi connectivity index (χ1) is 11.7. The molecule has 0 bridgehead atoms. The van der Waals surface area contributed by atoms with Crippen molar-refractivity contribution in [1.29, 1.82) is 0 Å². The molecule has 0 aliphatic carbocycles. The largest absolute Gasteiger partial charge is 0.494 e. The van der Waals surface area contributed by atoms with Crippen LogP contribution < -0.4 is 10.1 Å². The molecular formula is C19H24FN3O. The van der Waals surface area contributed by atoms with Gasteiger partial charge < -0.3 is 10.1 Å². The van der Waals surface area contributed by atoms with Crippen molar-refractivity contribution in [3.05, 3.63) is 59.2 Å². The van der Waals surface area contributed by atoms with Crippen molar-refractivity contribution in [2.24, 2.45) is 0 Å². The average Bonchev–Trinajstić information content (AvgIpc) is 2.86. The highest BCUT2D eigenvalue weighted by Crippen LogP contribution is 2.30. The van der Waals surface area contributed by atoms with Gasteiger partial charge in [0.2, 0.25) is 0 Å². The van der Waals surface area contributed by atoms with Crippen LogP contribution in [0.5, 0.6) is 5.75 Å². The third kappa shape index (κ3) is 3.74.